The van der Waals surface area contributed by atoms with Crippen molar-refractivity contribution in [1.29, 1.82) is 0 Å². The highest BCUT2D eigenvalue weighted by molar-refractivity contribution is 7.99. The zero-order valence-corrected chi connectivity index (χ0v) is 16.0. The quantitative estimate of drug-likeness (QED) is 0.558. The van der Waals surface area contributed by atoms with Crippen molar-refractivity contribution in [1.82, 2.24) is 19.3 Å². The van der Waals surface area contributed by atoms with Crippen LogP contribution in [0, 0.1) is 13.8 Å². The summed E-state index contributed by atoms with van der Waals surface area (Å²) in [6.45, 7) is 11.4. The summed E-state index contributed by atoms with van der Waals surface area (Å²) in [6, 6.07) is 2.53. The molecule has 5 nitrogen and oxygen atoms in total. The van der Waals surface area contributed by atoms with Gasteiger partial charge in [-0.1, -0.05) is 25.6 Å². The van der Waals surface area contributed by atoms with Crippen molar-refractivity contribution in [3.63, 3.8) is 0 Å². The van der Waals surface area contributed by atoms with Crippen LogP contribution < -0.4 is 0 Å². The number of nitrogens with zero attached hydrogens (tertiary/aromatic N) is 4. The largest absolute Gasteiger partial charge is 0.349 e. The van der Waals surface area contributed by atoms with E-state index in [0.29, 0.717) is 17.7 Å². The molecule has 130 valence electrons. The molecule has 2 aromatic heterocycles. The van der Waals surface area contributed by atoms with Gasteiger partial charge in [0.1, 0.15) is 5.82 Å². The smallest absolute Gasteiger partial charge is 0.191 e. The van der Waals surface area contributed by atoms with Crippen LogP contribution in [0.3, 0.4) is 0 Å². The first-order valence-corrected chi connectivity index (χ1v) is 9.70. The van der Waals surface area contributed by atoms with Gasteiger partial charge in [0, 0.05) is 35.5 Å². The Morgan fingerprint density at radius 2 is 2.04 bits per heavy atom. The van der Waals surface area contributed by atoms with E-state index in [1.807, 2.05) is 13.0 Å². The van der Waals surface area contributed by atoms with Crippen LogP contribution in [0.1, 0.15) is 73.1 Å². The van der Waals surface area contributed by atoms with Gasteiger partial charge < -0.3 is 9.13 Å². The van der Waals surface area contributed by atoms with Crippen LogP contribution in [0.25, 0.3) is 0 Å². The zero-order valence-electron chi connectivity index (χ0n) is 15.2. The molecule has 1 fully saturated rings. The number of hydrogen-bond donors (Lipinski definition) is 0. The molecule has 0 saturated heterocycles. The number of aromatic nitrogens is 4. The molecule has 2 heterocycles. The summed E-state index contributed by atoms with van der Waals surface area (Å²) in [5.41, 5.74) is 3.04. The molecule has 1 aliphatic carbocycles. The van der Waals surface area contributed by atoms with E-state index in [0.717, 1.165) is 34.5 Å². The van der Waals surface area contributed by atoms with E-state index in [9.17, 15) is 4.79 Å². The number of thioether (sulfide) groups is 1. The van der Waals surface area contributed by atoms with Crippen molar-refractivity contribution in [3.8, 4) is 0 Å². The Morgan fingerprint density at radius 1 is 1.33 bits per heavy atom. The fourth-order valence-corrected chi connectivity index (χ4v) is 4.13. The second-order valence-electron chi connectivity index (χ2n) is 6.84. The minimum absolute atomic E-state index is 0.171. The number of hydrogen-bond acceptors (Lipinski definition) is 4. The van der Waals surface area contributed by atoms with Crippen molar-refractivity contribution in [2.45, 2.75) is 71.1 Å². The molecule has 0 bridgehead atoms. The van der Waals surface area contributed by atoms with E-state index in [2.05, 4.69) is 47.0 Å². The van der Waals surface area contributed by atoms with Gasteiger partial charge in [-0.05, 0) is 39.7 Å². The summed E-state index contributed by atoms with van der Waals surface area (Å²) in [4.78, 5) is 12.7. The van der Waals surface area contributed by atoms with Gasteiger partial charge in [0.15, 0.2) is 10.9 Å². The van der Waals surface area contributed by atoms with E-state index in [1.54, 1.807) is 0 Å². The molecular weight excluding hydrogens is 320 g/mol. The first-order chi connectivity index (χ1) is 11.4. The molecule has 0 atom stereocenters. The molecule has 0 unspecified atom stereocenters. The van der Waals surface area contributed by atoms with Crippen molar-refractivity contribution in [3.05, 3.63) is 28.8 Å². The number of carbonyl (C=O) groups is 1. The van der Waals surface area contributed by atoms with Crippen LogP contribution in [0.5, 0.6) is 0 Å². The second kappa shape index (κ2) is 6.75. The summed E-state index contributed by atoms with van der Waals surface area (Å²) < 4.78 is 4.43. The first-order valence-electron chi connectivity index (χ1n) is 8.71. The Balaban J connectivity index is 1.76. The topological polar surface area (TPSA) is 52.7 Å². The summed E-state index contributed by atoms with van der Waals surface area (Å²) in [5, 5.41) is 9.59. The van der Waals surface area contributed by atoms with E-state index in [4.69, 9.17) is 0 Å². The minimum atomic E-state index is 0.171. The van der Waals surface area contributed by atoms with Crippen molar-refractivity contribution in [2.24, 2.45) is 0 Å². The summed E-state index contributed by atoms with van der Waals surface area (Å²) >= 11 is 1.52. The third-order valence-corrected chi connectivity index (χ3v) is 5.59. The Labute approximate surface area is 147 Å². The lowest BCUT2D eigenvalue weighted by Crippen LogP contribution is -2.08. The predicted molar refractivity (Wildman–Crippen MR) is 97.0 cm³/mol. The van der Waals surface area contributed by atoms with E-state index in [-0.39, 0.29) is 5.78 Å². The van der Waals surface area contributed by atoms with Gasteiger partial charge >= 0.3 is 0 Å². The third-order valence-electron chi connectivity index (χ3n) is 4.64. The van der Waals surface area contributed by atoms with Crippen molar-refractivity contribution in [2.75, 3.05) is 5.75 Å². The molecule has 0 aromatic carbocycles. The number of ketones is 1. The normalized spacial score (nSPS) is 14.6. The lowest BCUT2D eigenvalue weighted by atomic mass is 10.2. The average Bonchev–Trinajstić information content (AvgIpc) is 3.22. The number of carbonyl (C=O) groups excluding carboxylic acids is 1. The monoisotopic (exact) mass is 346 g/mol. The molecule has 1 aliphatic rings. The lowest BCUT2D eigenvalue weighted by molar-refractivity contribution is 0.102. The molecule has 0 amide bonds. The molecule has 1 saturated carbocycles. The maximum atomic E-state index is 12.7. The van der Waals surface area contributed by atoms with Gasteiger partial charge in [0.05, 0.1) is 5.75 Å². The maximum Gasteiger partial charge on any atom is 0.191 e. The standard InChI is InChI=1S/C18H26N4OS/c1-6-21-12(4)9-15(13(21)5)16(23)10-24-18-20-19-17(11(2)3)22(18)14-7-8-14/h9,11,14H,6-8,10H2,1-5H3. The highest BCUT2D eigenvalue weighted by Gasteiger charge is 2.30. The summed E-state index contributed by atoms with van der Waals surface area (Å²) in [5.74, 6) is 1.98. The van der Waals surface area contributed by atoms with Crippen LogP contribution in [0.2, 0.25) is 0 Å². The summed E-state index contributed by atoms with van der Waals surface area (Å²) in [6.07, 6.45) is 2.38. The fraction of sp³-hybridized carbons (Fsp3) is 0.611. The third kappa shape index (κ3) is 3.16. The molecule has 3 rings (SSSR count). The van der Waals surface area contributed by atoms with E-state index >= 15 is 0 Å². The van der Waals surface area contributed by atoms with Gasteiger partial charge in [0.25, 0.3) is 0 Å². The molecule has 6 heteroatoms. The Kier molecular flexibility index (Phi) is 4.85. The number of rotatable bonds is 7. The highest BCUT2D eigenvalue weighted by Crippen LogP contribution is 2.40. The molecule has 0 N–H and O–H groups in total. The minimum Gasteiger partial charge on any atom is -0.349 e. The molecular formula is C18H26N4OS. The van der Waals surface area contributed by atoms with Crippen LogP contribution in [0.15, 0.2) is 11.2 Å². The van der Waals surface area contributed by atoms with Gasteiger partial charge in [-0.3, -0.25) is 4.79 Å². The molecule has 0 spiro atoms. The number of Topliss-reactive ketones (excluding diaryl/α,β-unsaturated/α-hetero) is 1. The average molecular weight is 347 g/mol. The first kappa shape index (κ1) is 17.3. The van der Waals surface area contributed by atoms with Crippen molar-refractivity contribution < 1.29 is 4.79 Å². The summed E-state index contributed by atoms with van der Waals surface area (Å²) in [7, 11) is 0. The van der Waals surface area contributed by atoms with Crippen LogP contribution in [-0.2, 0) is 6.54 Å². The van der Waals surface area contributed by atoms with Gasteiger partial charge in [-0.25, -0.2) is 0 Å². The molecule has 2 aromatic rings. The number of aryl methyl sites for hydroxylation is 1. The van der Waals surface area contributed by atoms with Crippen molar-refractivity contribution >= 4 is 17.5 Å². The van der Waals surface area contributed by atoms with Crippen LogP contribution in [-0.4, -0.2) is 30.9 Å². The molecule has 0 aliphatic heterocycles. The second-order valence-corrected chi connectivity index (χ2v) is 7.78. The Hall–Kier alpha value is -1.56. The van der Waals surface area contributed by atoms with E-state index in [1.165, 1.54) is 24.6 Å². The van der Waals surface area contributed by atoms with Crippen LogP contribution >= 0.6 is 11.8 Å². The highest BCUT2D eigenvalue weighted by atomic mass is 32.2. The Bertz CT molecular complexity index is 755. The molecule has 0 radical (unpaired) electrons. The maximum absolute atomic E-state index is 12.7. The van der Waals surface area contributed by atoms with Gasteiger partial charge in [0.2, 0.25) is 0 Å². The molecule has 24 heavy (non-hydrogen) atoms. The van der Waals surface area contributed by atoms with Gasteiger partial charge in [-0.15, -0.1) is 10.2 Å². The predicted octanol–water partition coefficient (Wildman–Crippen LogP) is 4.15. The van der Waals surface area contributed by atoms with E-state index < -0.39 is 0 Å². The SMILES string of the molecule is CCn1c(C)cc(C(=O)CSc2nnc(C(C)C)n2C2CC2)c1C. The zero-order chi connectivity index (χ0) is 17.4. The lowest BCUT2D eigenvalue weighted by Gasteiger charge is -2.10. The van der Waals surface area contributed by atoms with Gasteiger partial charge in [-0.2, -0.15) is 0 Å². The Morgan fingerprint density at radius 3 is 2.58 bits per heavy atom. The fourth-order valence-electron chi connectivity index (χ4n) is 3.23. The van der Waals surface area contributed by atoms with Crippen LogP contribution in [0.4, 0.5) is 0 Å².